The van der Waals surface area contributed by atoms with Crippen LogP contribution in [0.5, 0.6) is 0 Å². The monoisotopic (exact) mass is 293 g/mol. The lowest BCUT2D eigenvalue weighted by Crippen LogP contribution is -2.39. The Labute approximate surface area is 124 Å². The van der Waals surface area contributed by atoms with Gasteiger partial charge in [-0.25, -0.2) is 4.98 Å². The van der Waals surface area contributed by atoms with Gasteiger partial charge >= 0.3 is 0 Å². The van der Waals surface area contributed by atoms with Gasteiger partial charge in [0.1, 0.15) is 0 Å². The van der Waals surface area contributed by atoms with Gasteiger partial charge in [-0.2, -0.15) is 0 Å². The Kier molecular flexibility index (Phi) is 3.96. The van der Waals surface area contributed by atoms with E-state index in [0.29, 0.717) is 12.6 Å². The largest absolute Gasteiger partial charge is 0.357 e. The third kappa shape index (κ3) is 2.32. The fourth-order valence-corrected chi connectivity index (χ4v) is 3.97. The second kappa shape index (κ2) is 5.71. The molecule has 20 heavy (non-hydrogen) atoms. The number of imidazole rings is 1. The molecule has 0 aliphatic carbocycles. The first-order valence-corrected chi connectivity index (χ1v) is 8.22. The molecule has 1 fully saturated rings. The summed E-state index contributed by atoms with van der Waals surface area (Å²) in [5.74, 6) is 1.04. The van der Waals surface area contributed by atoms with Crippen LogP contribution < -0.4 is 10.6 Å². The summed E-state index contributed by atoms with van der Waals surface area (Å²) < 4.78 is 2.11. The van der Waals surface area contributed by atoms with Crippen molar-refractivity contribution < 1.29 is 0 Å². The number of likely N-dealkylation sites (N-methyl/N-ethyl adjacent to an activating group) is 2. The highest BCUT2D eigenvalue weighted by Gasteiger charge is 2.26. The van der Waals surface area contributed by atoms with Crippen LogP contribution >= 0.6 is 11.3 Å². The number of hydrogen-bond donors (Lipinski definition) is 1. The zero-order chi connectivity index (χ0) is 14.1. The molecule has 1 aliphatic rings. The lowest BCUT2D eigenvalue weighted by atomic mass is 10.2. The molecule has 0 bridgehead atoms. The average Bonchev–Trinajstić information content (AvgIpc) is 3.12. The van der Waals surface area contributed by atoms with Crippen LogP contribution in [0.1, 0.15) is 25.5 Å². The summed E-state index contributed by atoms with van der Waals surface area (Å²) in [6, 6.07) is 0.648. The summed E-state index contributed by atoms with van der Waals surface area (Å²) in [5, 5.41) is 2.06. The first-order chi connectivity index (χ1) is 9.74. The summed E-state index contributed by atoms with van der Waals surface area (Å²) in [6.07, 6.45) is 4.66. The van der Waals surface area contributed by atoms with E-state index in [-0.39, 0.29) is 0 Å². The lowest BCUT2D eigenvalue weighted by Gasteiger charge is -2.28. The first-order valence-electron chi connectivity index (χ1n) is 7.34. The molecule has 3 heterocycles. The van der Waals surface area contributed by atoms with E-state index in [2.05, 4.69) is 39.7 Å². The van der Waals surface area contributed by atoms with Crippen LogP contribution in [0.4, 0.5) is 5.82 Å². The molecule has 1 atom stereocenters. The molecule has 3 rings (SSSR count). The molecular formula is C14H23N5S. The van der Waals surface area contributed by atoms with Crippen molar-refractivity contribution >= 4 is 22.1 Å². The highest BCUT2D eigenvalue weighted by molar-refractivity contribution is 7.15. The van der Waals surface area contributed by atoms with Crippen LogP contribution in [0.15, 0.2) is 11.6 Å². The molecule has 2 N–H and O–H groups in total. The Balaban J connectivity index is 1.81. The van der Waals surface area contributed by atoms with Crippen molar-refractivity contribution in [2.45, 2.75) is 32.4 Å². The molecule has 110 valence electrons. The van der Waals surface area contributed by atoms with Crippen LogP contribution in [-0.2, 0) is 6.54 Å². The van der Waals surface area contributed by atoms with Crippen LogP contribution in [0.2, 0.25) is 0 Å². The molecule has 2 aromatic rings. The van der Waals surface area contributed by atoms with E-state index in [1.807, 2.05) is 0 Å². The second-order valence-electron chi connectivity index (χ2n) is 5.45. The van der Waals surface area contributed by atoms with E-state index < -0.39 is 0 Å². The molecule has 2 aromatic heterocycles. The smallest absolute Gasteiger partial charge is 0.195 e. The summed E-state index contributed by atoms with van der Waals surface area (Å²) in [5.41, 5.74) is 7.04. The van der Waals surface area contributed by atoms with E-state index in [1.54, 1.807) is 11.3 Å². The molecule has 0 radical (unpaired) electrons. The minimum Gasteiger partial charge on any atom is -0.357 e. The number of fused-ring (bicyclic) bond motifs is 1. The minimum atomic E-state index is 0.528. The number of rotatable bonds is 5. The molecule has 1 aliphatic heterocycles. The number of anilines is 1. The number of aromatic nitrogens is 2. The van der Waals surface area contributed by atoms with Crippen LogP contribution in [0.3, 0.4) is 0 Å². The number of likely N-dealkylation sites (tertiary alicyclic amines) is 1. The van der Waals surface area contributed by atoms with Crippen molar-refractivity contribution in [1.29, 1.82) is 0 Å². The van der Waals surface area contributed by atoms with Gasteiger partial charge in [0.2, 0.25) is 0 Å². The fraction of sp³-hybridized carbons (Fsp3) is 0.643. The van der Waals surface area contributed by atoms with Crippen LogP contribution in [0, 0.1) is 0 Å². The van der Waals surface area contributed by atoms with Gasteiger partial charge in [0, 0.05) is 37.8 Å². The van der Waals surface area contributed by atoms with Crippen molar-refractivity contribution in [3.05, 3.63) is 17.3 Å². The Morgan fingerprint density at radius 3 is 3.15 bits per heavy atom. The van der Waals surface area contributed by atoms with E-state index in [0.717, 1.165) is 29.6 Å². The molecule has 1 unspecified atom stereocenters. The second-order valence-corrected chi connectivity index (χ2v) is 6.32. The SMILES string of the molecule is CCN1CCCC1CN(C)c1nc2sccn2c1CN. The Morgan fingerprint density at radius 2 is 2.40 bits per heavy atom. The quantitative estimate of drug-likeness (QED) is 0.913. The molecule has 5 nitrogen and oxygen atoms in total. The fourth-order valence-electron chi connectivity index (χ4n) is 3.24. The molecule has 6 heteroatoms. The first kappa shape index (κ1) is 13.9. The van der Waals surface area contributed by atoms with Crippen molar-refractivity contribution in [2.24, 2.45) is 5.73 Å². The third-order valence-corrected chi connectivity index (χ3v) is 5.04. The van der Waals surface area contributed by atoms with Gasteiger partial charge in [-0.05, 0) is 25.9 Å². The Hall–Kier alpha value is -1.11. The molecular weight excluding hydrogens is 270 g/mol. The predicted octanol–water partition coefficient (Wildman–Crippen LogP) is 1.77. The van der Waals surface area contributed by atoms with Crippen molar-refractivity contribution in [1.82, 2.24) is 14.3 Å². The van der Waals surface area contributed by atoms with Crippen molar-refractivity contribution in [3.8, 4) is 0 Å². The average molecular weight is 293 g/mol. The summed E-state index contributed by atoms with van der Waals surface area (Å²) in [7, 11) is 2.14. The summed E-state index contributed by atoms with van der Waals surface area (Å²) >= 11 is 1.66. The maximum atomic E-state index is 5.93. The van der Waals surface area contributed by atoms with E-state index in [9.17, 15) is 0 Å². The van der Waals surface area contributed by atoms with Gasteiger partial charge in [-0.3, -0.25) is 9.30 Å². The van der Waals surface area contributed by atoms with Gasteiger partial charge < -0.3 is 10.6 Å². The van der Waals surface area contributed by atoms with E-state index in [1.165, 1.54) is 19.4 Å². The van der Waals surface area contributed by atoms with Crippen molar-refractivity contribution in [3.63, 3.8) is 0 Å². The van der Waals surface area contributed by atoms with Crippen LogP contribution in [-0.4, -0.2) is 47.0 Å². The molecule has 0 spiro atoms. The molecule has 0 aromatic carbocycles. The predicted molar refractivity (Wildman–Crippen MR) is 84.5 cm³/mol. The van der Waals surface area contributed by atoms with E-state index in [4.69, 9.17) is 10.7 Å². The number of nitrogens with two attached hydrogens (primary N) is 1. The maximum absolute atomic E-state index is 5.93. The Morgan fingerprint density at radius 1 is 1.55 bits per heavy atom. The lowest BCUT2D eigenvalue weighted by molar-refractivity contribution is 0.270. The van der Waals surface area contributed by atoms with Crippen molar-refractivity contribution in [2.75, 3.05) is 31.6 Å². The molecule has 1 saturated heterocycles. The number of hydrogen-bond acceptors (Lipinski definition) is 5. The van der Waals surface area contributed by atoms with Gasteiger partial charge in [-0.15, -0.1) is 11.3 Å². The highest BCUT2D eigenvalue weighted by atomic mass is 32.1. The maximum Gasteiger partial charge on any atom is 0.195 e. The van der Waals surface area contributed by atoms with Gasteiger partial charge in [0.25, 0.3) is 0 Å². The van der Waals surface area contributed by atoms with Gasteiger partial charge in [0.15, 0.2) is 10.8 Å². The zero-order valence-electron chi connectivity index (χ0n) is 12.2. The molecule has 0 amide bonds. The summed E-state index contributed by atoms with van der Waals surface area (Å²) in [6.45, 7) is 6.18. The van der Waals surface area contributed by atoms with Crippen LogP contribution in [0.25, 0.3) is 4.96 Å². The molecule has 0 saturated carbocycles. The number of nitrogens with zero attached hydrogens (tertiary/aromatic N) is 4. The Bertz CT molecular complexity index is 575. The topological polar surface area (TPSA) is 49.8 Å². The minimum absolute atomic E-state index is 0.528. The normalized spacial score (nSPS) is 20.1. The highest BCUT2D eigenvalue weighted by Crippen LogP contribution is 2.25. The third-order valence-electron chi connectivity index (χ3n) is 4.28. The zero-order valence-corrected chi connectivity index (χ0v) is 13.1. The summed E-state index contributed by atoms with van der Waals surface area (Å²) in [4.78, 5) is 10.6. The van der Waals surface area contributed by atoms with E-state index >= 15 is 0 Å². The number of thiazole rings is 1. The van der Waals surface area contributed by atoms with Gasteiger partial charge in [-0.1, -0.05) is 6.92 Å². The van der Waals surface area contributed by atoms with Gasteiger partial charge in [0.05, 0.1) is 5.69 Å². The standard InChI is InChI=1S/C14H23N5S/c1-3-18-6-4-5-11(18)10-17(2)13-12(9-15)19-7-8-20-14(19)16-13/h7-8,11H,3-6,9-10,15H2,1-2H3.